The highest BCUT2D eigenvalue weighted by atomic mass is 32.2. The van der Waals surface area contributed by atoms with Crippen molar-refractivity contribution < 1.29 is 49.1 Å². The summed E-state index contributed by atoms with van der Waals surface area (Å²) in [7, 11) is -2.74. The second-order valence-electron chi connectivity index (χ2n) is 15.4. The van der Waals surface area contributed by atoms with E-state index in [4.69, 9.17) is 14.2 Å². The molecule has 0 aliphatic carbocycles. The molecule has 10 atom stereocenters. The summed E-state index contributed by atoms with van der Waals surface area (Å²) in [5.74, 6) is 1.11. The molecular weight excluding hydrogens is 674 g/mol. The summed E-state index contributed by atoms with van der Waals surface area (Å²) < 4.78 is 34.8. The van der Waals surface area contributed by atoms with Crippen molar-refractivity contribution in [3.8, 4) is 0 Å². The first kappa shape index (κ1) is 46.7. The average molecular weight is 752 g/mol. The van der Waals surface area contributed by atoms with Crippen LogP contribution in [0.3, 0.4) is 0 Å². The van der Waals surface area contributed by atoms with Crippen LogP contribution in [0.15, 0.2) is 4.36 Å². The Kier molecular flexibility index (Phi) is 25.7. The first-order valence-corrected chi connectivity index (χ1v) is 22.7. The molecule has 0 aromatic rings. The largest absolute Gasteiger partial charge is 0.394 e. The predicted octanol–water partition coefficient (Wildman–Crippen LogP) is 5.63. The van der Waals surface area contributed by atoms with Crippen molar-refractivity contribution in [3.63, 3.8) is 0 Å². The summed E-state index contributed by atoms with van der Waals surface area (Å²) in [5, 5.41) is 62.4. The van der Waals surface area contributed by atoms with Crippen molar-refractivity contribution in [2.24, 2.45) is 10.3 Å². The van der Waals surface area contributed by atoms with E-state index in [1.165, 1.54) is 89.9 Å². The van der Waals surface area contributed by atoms with Gasteiger partial charge in [-0.25, -0.2) is 4.36 Å². The Balaban J connectivity index is 1.80. The van der Waals surface area contributed by atoms with Gasteiger partial charge in [-0.2, -0.15) is 0 Å². The fraction of sp³-hybridized carbons (Fsp3) is 1.00. The second-order valence-corrected chi connectivity index (χ2v) is 18.0. The molecule has 304 valence electrons. The Morgan fingerprint density at radius 1 is 0.765 bits per heavy atom. The van der Waals surface area contributed by atoms with Crippen LogP contribution in [-0.2, 0) is 23.9 Å². The first-order chi connectivity index (χ1) is 24.6. The zero-order chi connectivity index (χ0) is 37.3. The molecule has 0 radical (unpaired) electrons. The van der Waals surface area contributed by atoms with Crippen LogP contribution >= 0.6 is 0 Å². The molecule has 0 spiro atoms. The number of aliphatic hydroxyl groups is 6. The highest BCUT2D eigenvalue weighted by molar-refractivity contribution is 7.92. The monoisotopic (exact) mass is 752 g/mol. The number of hydrogen-bond acceptors (Lipinski definition) is 11. The van der Waals surface area contributed by atoms with Gasteiger partial charge in [-0.1, -0.05) is 129 Å². The average Bonchev–Trinajstić information content (AvgIpc) is 3.64. The minimum Gasteiger partial charge on any atom is -0.394 e. The molecule has 2 saturated heterocycles. The van der Waals surface area contributed by atoms with Crippen LogP contribution < -0.4 is 0 Å². The summed E-state index contributed by atoms with van der Waals surface area (Å²) in [6, 6.07) is -1.07. The molecule has 12 heteroatoms. The van der Waals surface area contributed by atoms with Gasteiger partial charge in [0.25, 0.3) is 0 Å². The van der Waals surface area contributed by atoms with E-state index in [9.17, 15) is 34.8 Å². The third-order valence-electron chi connectivity index (χ3n) is 10.7. The van der Waals surface area contributed by atoms with Gasteiger partial charge in [0.05, 0.1) is 19.3 Å². The van der Waals surface area contributed by atoms with Gasteiger partial charge in [-0.05, 0) is 31.6 Å². The van der Waals surface area contributed by atoms with Crippen LogP contribution in [0.5, 0.6) is 0 Å². The standard InChI is InChI=1S/C39H77NO10S/c1-3-4-5-6-7-8-9-10-11-15-18-21-24-33(42)35(43)32(30-49-39-38(46)37(45)36(44)34(28-41)50-39)40-51(2,47)27-22-19-16-13-12-14-17-20-23-31-25-26-48-29-31/h31-39,41-46H,3-30H2,1-2H3/t31?,32-,33+,34?,35-,36?,37?,38?,39?,51?/m0/s1. The van der Waals surface area contributed by atoms with Crippen molar-refractivity contribution in [1.82, 2.24) is 0 Å². The molecule has 7 unspecified atom stereocenters. The normalized spacial score (nSPS) is 26.9. The summed E-state index contributed by atoms with van der Waals surface area (Å²) >= 11 is 0. The summed E-state index contributed by atoms with van der Waals surface area (Å²) in [6.07, 6.45) is 17.8. The van der Waals surface area contributed by atoms with Crippen LogP contribution in [0, 0.1) is 5.92 Å². The third kappa shape index (κ3) is 20.2. The smallest absolute Gasteiger partial charge is 0.186 e. The molecule has 2 heterocycles. The molecule has 2 aliphatic rings. The van der Waals surface area contributed by atoms with E-state index in [0.717, 1.165) is 70.5 Å². The van der Waals surface area contributed by atoms with E-state index in [1.54, 1.807) is 6.26 Å². The third-order valence-corrected chi connectivity index (χ3v) is 12.5. The van der Waals surface area contributed by atoms with E-state index in [1.807, 2.05) is 0 Å². The molecule has 0 aromatic heterocycles. The Bertz CT molecular complexity index is 958. The quantitative estimate of drug-likeness (QED) is 0.0487. The molecule has 0 saturated carbocycles. The second kappa shape index (κ2) is 28.1. The van der Waals surface area contributed by atoms with Crippen LogP contribution in [0.25, 0.3) is 0 Å². The van der Waals surface area contributed by atoms with E-state index in [2.05, 4.69) is 11.3 Å². The van der Waals surface area contributed by atoms with Gasteiger partial charge in [-0.15, -0.1) is 0 Å². The van der Waals surface area contributed by atoms with Crippen LogP contribution in [0.2, 0.25) is 0 Å². The van der Waals surface area contributed by atoms with Gasteiger partial charge in [0.2, 0.25) is 0 Å². The summed E-state index contributed by atoms with van der Waals surface area (Å²) in [6.45, 7) is 3.15. The zero-order valence-corrected chi connectivity index (χ0v) is 33.0. The number of unbranched alkanes of at least 4 members (excludes halogenated alkanes) is 18. The summed E-state index contributed by atoms with van der Waals surface area (Å²) in [5.41, 5.74) is 0. The zero-order valence-electron chi connectivity index (χ0n) is 32.2. The number of ether oxygens (including phenoxy) is 3. The van der Waals surface area contributed by atoms with Gasteiger partial charge < -0.3 is 44.8 Å². The van der Waals surface area contributed by atoms with Crippen LogP contribution in [0.1, 0.15) is 155 Å². The van der Waals surface area contributed by atoms with Crippen molar-refractivity contribution in [3.05, 3.63) is 0 Å². The van der Waals surface area contributed by atoms with Gasteiger partial charge in [0.15, 0.2) is 6.29 Å². The fourth-order valence-electron chi connectivity index (χ4n) is 7.23. The SMILES string of the molecule is CCCCCCCCCCCCCC[C@@H](O)[C@@H](O)[C@H](COC1OC(CO)C(O)C(O)C1O)N=S(C)(=O)CCCCCCCCCCC1CCOC1. The molecule has 2 aliphatic heterocycles. The van der Waals surface area contributed by atoms with Crippen molar-refractivity contribution >= 4 is 9.73 Å². The van der Waals surface area contributed by atoms with Crippen LogP contribution in [-0.4, -0.2) is 122 Å². The van der Waals surface area contributed by atoms with E-state index < -0.39 is 65.3 Å². The molecule has 2 fully saturated rings. The predicted molar refractivity (Wildman–Crippen MR) is 203 cm³/mol. The molecular formula is C39H77NO10S. The number of rotatable bonds is 31. The van der Waals surface area contributed by atoms with E-state index in [-0.39, 0.29) is 6.61 Å². The van der Waals surface area contributed by atoms with E-state index >= 15 is 0 Å². The Morgan fingerprint density at radius 2 is 1.31 bits per heavy atom. The minimum absolute atomic E-state index is 0.335. The number of aliphatic hydroxyl groups excluding tert-OH is 6. The highest BCUT2D eigenvalue weighted by Crippen LogP contribution is 2.24. The maximum absolute atomic E-state index is 13.6. The van der Waals surface area contributed by atoms with Gasteiger partial charge in [0.1, 0.15) is 36.6 Å². The maximum atomic E-state index is 13.6. The van der Waals surface area contributed by atoms with Gasteiger partial charge >= 0.3 is 0 Å². The first-order valence-electron chi connectivity index (χ1n) is 20.6. The fourth-order valence-corrected chi connectivity index (χ4v) is 8.83. The molecule has 0 bridgehead atoms. The topological polar surface area (TPSA) is 178 Å². The lowest BCUT2D eigenvalue weighted by atomic mass is 9.99. The van der Waals surface area contributed by atoms with E-state index in [0.29, 0.717) is 12.2 Å². The minimum atomic E-state index is -2.74. The van der Waals surface area contributed by atoms with Gasteiger partial charge in [0, 0.05) is 35.0 Å². The Morgan fingerprint density at radius 3 is 1.86 bits per heavy atom. The van der Waals surface area contributed by atoms with Crippen molar-refractivity contribution in [2.45, 2.75) is 204 Å². The van der Waals surface area contributed by atoms with Gasteiger partial charge in [-0.3, -0.25) is 4.21 Å². The maximum Gasteiger partial charge on any atom is 0.186 e. The molecule has 0 amide bonds. The molecule has 0 aromatic carbocycles. The summed E-state index contributed by atoms with van der Waals surface area (Å²) in [4.78, 5) is 0. The number of nitrogens with zero attached hydrogens (tertiary/aromatic N) is 1. The van der Waals surface area contributed by atoms with Crippen molar-refractivity contribution in [2.75, 3.05) is 38.4 Å². The lowest BCUT2D eigenvalue weighted by Gasteiger charge is -2.40. The lowest BCUT2D eigenvalue weighted by Crippen LogP contribution is -2.59. The van der Waals surface area contributed by atoms with Crippen LogP contribution in [0.4, 0.5) is 0 Å². The number of hydrogen-bond donors (Lipinski definition) is 6. The Labute approximate surface area is 310 Å². The molecule has 6 N–H and O–H groups in total. The molecule has 11 nitrogen and oxygen atoms in total. The molecule has 2 rings (SSSR count). The molecule has 51 heavy (non-hydrogen) atoms. The van der Waals surface area contributed by atoms with Crippen molar-refractivity contribution in [1.29, 1.82) is 0 Å². The highest BCUT2D eigenvalue weighted by Gasteiger charge is 2.44. The Hall–Kier alpha value is -0.410. The lowest BCUT2D eigenvalue weighted by molar-refractivity contribution is -0.302.